The minimum Gasteiger partial charge on any atom is -0.330 e. The average Bonchev–Trinajstić information content (AvgIpc) is 2.06. The molecule has 0 amide bonds. The largest absolute Gasteiger partial charge is 0.330 e. The van der Waals surface area contributed by atoms with Gasteiger partial charge in [0.15, 0.2) is 0 Å². The maximum Gasteiger partial charge on any atom is 0.138 e. The highest BCUT2D eigenvalue weighted by molar-refractivity contribution is 5.80. The van der Waals surface area contributed by atoms with Gasteiger partial charge in [-0.25, -0.2) is 0 Å². The van der Waals surface area contributed by atoms with Gasteiger partial charge >= 0.3 is 0 Å². The van der Waals surface area contributed by atoms with Gasteiger partial charge in [0.25, 0.3) is 0 Å². The van der Waals surface area contributed by atoms with Crippen molar-refractivity contribution in [2.45, 2.75) is 12.8 Å². The van der Waals surface area contributed by atoms with Crippen LogP contribution in [0.2, 0.25) is 0 Å². The van der Waals surface area contributed by atoms with E-state index >= 15 is 0 Å². The van der Waals surface area contributed by atoms with Crippen molar-refractivity contribution < 1.29 is 4.79 Å². The third-order valence-corrected chi connectivity index (χ3v) is 1.67. The molecule has 1 rings (SSSR count). The Balaban J connectivity index is 2.47. The van der Waals surface area contributed by atoms with Gasteiger partial charge < -0.3 is 5.73 Å². The van der Waals surface area contributed by atoms with Crippen LogP contribution in [-0.2, 0) is 11.2 Å². The van der Waals surface area contributed by atoms with Gasteiger partial charge in [-0.05, 0) is 12.1 Å². The zero-order valence-corrected chi connectivity index (χ0v) is 6.99. The second-order valence-electron chi connectivity index (χ2n) is 2.74. The summed E-state index contributed by atoms with van der Waals surface area (Å²) in [5.74, 6) is 0.212. The number of hydrogen-bond acceptors (Lipinski definition) is 2. The summed E-state index contributed by atoms with van der Waals surface area (Å²) >= 11 is 0. The van der Waals surface area contributed by atoms with E-state index in [1.165, 1.54) is 0 Å². The number of rotatable bonds is 4. The fourth-order valence-corrected chi connectivity index (χ4v) is 1.07. The molecule has 0 aliphatic carbocycles. The lowest BCUT2D eigenvalue weighted by Crippen LogP contribution is -2.09. The van der Waals surface area contributed by atoms with Crippen molar-refractivity contribution in [1.82, 2.24) is 0 Å². The van der Waals surface area contributed by atoms with Crippen molar-refractivity contribution in [3.8, 4) is 0 Å². The van der Waals surface area contributed by atoms with Crippen LogP contribution in [0.25, 0.3) is 0 Å². The van der Waals surface area contributed by atoms with Crippen molar-refractivity contribution in [2.75, 3.05) is 6.54 Å². The van der Waals surface area contributed by atoms with Crippen molar-refractivity contribution >= 4 is 5.78 Å². The van der Waals surface area contributed by atoms with Crippen molar-refractivity contribution in [2.24, 2.45) is 5.73 Å². The molecule has 0 heterocycles. The molecule has 12 heavy (non-hydrogen) atoms. The van der Waals surface area contributed by atoms with E-state index in [1.54, 1.807) is 0 Å². The second-order valence-corrected chi connectivity index (χ2v) is 2.74. The Labute approximate surface area is 72.4 Å². The molecule has 0 aliphatic heterocycles. The minimum absolute atomic E-state index is 0.212. The van der Waals surface area contributed by atoms with Crippen LogP contribution in [-0.4, -0.2) is 12.3 Å². The predicted octanol–water partition coefficient (Wildman–Crippen LogP) is 1.15. The molecule has 2 N–H and O–H groups in total. The van der Waals surface area contributed by atoms with Crippen LogP contribution in [0.1, 0.15) is 12.0 Å². The van der Waals surface area contributed by atoms with Crippen LogP contribution in [0.15, 0.2) is 30.3 Å². The maximum absolute atomic E-state index is 11.1. The van der Waals surface area contributed by atoms with Gasteiger partial charge in [-0.15, -0.1) is 0 Å². The Kier molecular flexibility index (Phi) is 3.48. The predicted molar refractivity (Wildman–Crippen MR) is 48.8 cm³/mol. The smallest absolute Gasteiger partial charge is 0.138 e. The minimum atomic E-state index is 0.212. The first-order valence-electron chi connectivity index (χ1n) is 4.08. The normalized spacial score (nSPS) is 9.75. The first-order valence-corrected chi connectivity index (χ1v) is 4.08. The van der Waals surface area contributed by atoms with E-state index in [1.807, 2.05) is 30.3 Å². The number of carbonyl (C=O) groups excluding carboxylic acids is 1. The van der Waals surface area contributed by atoms with E-state index in [0.717, 1.165) is 5.56 Å². The van der Waals surface area contributed by atoms with Crippen LogP contribution in [0.5, 0.6) is 0 Å². The summed E-state index contributed by atoms with van der Waals surface area (Å²) in [4.78, 5) is 11.1. The van der Waals surface area contributed by atoms with Crippen LogP contribution < -0.4 is 5.73 Å². The molecule has 0 bridgehead atoms. The molecule has 64 valence electrons. The van der Waals surface area contributed by atoms with E-state index in [4.69, 9.17) is 5.73 Å². The van der Waals surface area contributed by atoms with E-state index in [-0.39, 0.29) is 5.78 Å². The topological polar surface area (TPSA) is 43.1 Å². The SMILES string of the molecule is NCCC(=O)Cc1ccccc1. The molecule has 2 heteroatoms. The van der Waals surface area contributed by atoms with Crippen LogP contribution in [0.3, 0.4) is 0 Å². The fraction of sp³-hybridized carbons (Fsp3) is 0.300. The summed E-state index contributed by atoms with van der Waals surface area (Å²) in [6.07, 6.45) is 0.993. The zero-order valence-electron chi connectivity index (χ0n) is 6.99. The molecule has 0 unspecified atom stereocenters. The molecule has 0 radical (unpaired) electrons. The number of ketones is 1. The number of carbonyl (C=O) groups is 1. The molecule has 0 spiro atoms. The molecule has 0 aromatic heterocycles. The Morgan fingerprint density at radius 1 is 1.25 bits per heavy atom. The van der Waals surface area contributed by atoms with E-state index in [9.17, 15) is 4.79 Å². The van der Waals surface area contributed by atoms with Gasteiger partial charge in [0, 0.05) is 12.8 Å². The van der Waals surface area contributed by atoms with Crippen molar-refractivity contribution in [3.63, 3.8) is 0 Å². The van der Waals surface area contributed by atoms with Gasteiger partial charge in [0.05, 0.1) is 0 Å². The molecule has 0 atom stereocenters. The Bertz CT molecular complexity index is 243. The molecule has 0 fully saturated rings. The lowest BCUT2D eigenvalue weighted by atomic mass is 10.1. The maximum atomic E-state index is 11.1. The van der Waals surface area contributed by atoms with E-state index in [0.29, 0.717) is 19.4 Å². The van der Waals surface area contributed by atoms with Crippen LogP contribution in [0, 0.1) is 0 Å². The molecule has 0 saturated carbocycles. The fourth-order valence-electron chi connectivity index (χ4n) is 1.07. The average molecular weight is 163 g/mol. The molecule has 0 aliphatic rings. The molecule has 2 nitrogen and oxygen atoms in total. The van der Waals surface area contributed by atoms with Gasteiger partial charge in [0.1, 0.15) is 5.78 Å². The Morgan fingerprint density at radius 2 is 1.92 bits per heavy atom. The Morgan fingerprint density at radius 3 is 2.50 bits per heavy atom. The van der Waals surface area contributed by atoms with E-state index in [2.05, 4.69) is 0 Å². The molecule has 1 aromatic rings. The summed E-state index contributed by atoms with van der Waals surface area (Å²) in [6.45, 7) is 0.450. The summed E-state index contributed by atoms with van der Waals surface area (Å²) in [5.41, 5.74) is 6.33. The van der Waals surface area contributed by atoms with Gasteiger partial charge in [-0.3, -0.25) is 4.79 Å². The highest BCUT2D eigenvalue weighted by Gasteiger charge is 2.00. The lowest BCUT2D eigenvalue weighted by Gasteiger charge is -1.98. The monoisotopic (exact) mass is 163 g/mol. The molecular formula is C10H13NO. The first kappa shape index (κ1) is 8.94. The van der Waals surface area contributed by atoms with Gasteiger partial charge in [-0.1, -0.05) is 30.3 Å². The van der Waals surface area contributed by atoms with Crippen molar-refractivity contribution in [3.05, 3.63) is 35.9 Å². The third kappa shape index (κ3) is 2.84. The summed E-state index contributed by atoms with van der Waals surface area (Å²) < 4.78 is 0. The summed E-state index contributed by atoms with van der Waals surface area (Å²) in [7, 11) is 0. The molecule has 1 aromatic carbocycles. The van der Waals surface area contributed by atoms with Gasteiger partial charge in [0.2, 0.25) is 0 Å². The van der Waals surface area contributed by atoms with Gasteiger partial charge in [-0.2, -0.15) is 0 Å². The number of Topliss-reactive ketones (excluding diaryl/α,β-unsaturated/α-hetero) is 1. The highest BCUT2D eigenvalue weighted by Crippen LogP contribution is 2.00. The van der Waals surface area contributed by atoms with Crippen LogP contribution in [0.4, 0.5) is 0 Å². The summed E-state index contributed by atoms with van der Waals surface area (Å²) in [5, 5.41) is 0. The molecular weight excluding hydrogens is 150 g/mol. The Hall–Kier alpha value is -1.15. The third-order valence-electron chi connectivity index (χ3n) is 1.67. The van der Waals surface area contributed by atoms with E-state index < -0.39 is 0 Å². The first-order chi connectivity index (χ1) is 5.83. The highest BCUT2D eigenvalue weighted by atomic mass is 16.1. The summed E-state index contributed by atoms with van der Waals surface area (Å²) in [6, 6.07) is 9.72. The van der Waals surface area contributed by atoms with Crippen molar-refractivity contribution in [1.29, 1.82) is 0 Å². The quantitative estimate of drug-likeness (QED) is 0.723. The second kappa shape index (κ2) is 4.67. The number of nitrogens with two attached hydrogens (primary N) is 1. The number of hydrogen-bond donors (Lipinski definition) is 1. The zero-order chi connectivity index (χ0) is 8.81. The lowest BCUT2D eigenvalue weighted by molar-refractivity contribution is -0.118. The van der Waals surface area contributed by atoms with Crippen LogP contribution >= 0.6 is 0 Å². The number of benzene rings is 1. The molecule has 0 saturated heterocycles. The standard InChI is InChI=1S/C10H13NO/c11-7-6-10(12)8-9-4-2-1-3-5-9/h1-5H,6-8,11H2.